The van der Waals surface area contributed by atoms with Crippen LogP contribution in [0.25, 0.3) is 22.2 Å². The van der Waals surface area contributed by atoms with Crippen molar-refractivity contribution in [3.63, 3.8) is 0 Å². The molecule has 1 amide bonds. The van der Waals surface area contributed by atoms with Crippen molar-refractivity contribution in [2.45, 2.75) is 19.9 Å². The lowest BCUT2D eigenvalue weighted by Crippen LogP contribution is -2.40. The smallest absolute Gasteiger partial charge is 0.297 e. The van der Waals surface area contributed by atoms with Crippen molar-refractivity contribution in [2.75, 3.05) is 18.6 Å². The minimum absolute atomic E-state index is 0.128. The first kappa shape index (κ1) is 22.0. The van der Waals surface area contributed by atoms with Gasteiger partial charge in [0.15, 0.2) is 5.52 Å². The maximum atomic E-state index is 13.5. The monoisotopic (exact) mass is 444 g/mol. The van der Waals surface area contributed by atoms with Gasteiger partial charge in [0.1, 0.15) is 23.2 Å². The predicted molar refractivity (Wildman–Crippen MR) is 126 cm³/mol. The second-order valence-corrected chi connectivity index (χ2v) is 7.54. The second kappa shape index (κ2) is 9.12. The number of amides is 1. The third-order valence-electron chi connectivity index (χ3n) is 5.45. The molecule has 1 unspecified atom stereocenters. The molecule has 0 bridgehead atoms. The maximum absolute atomic E-state index is 13.5. The normalized spacial score (nSPS) is 11.8. The molecule has 0 N–H and O–H groups in total. The lowest BCUT2D eigenvalue weighted by atomic mass is 10.1. The second-order valence-electron chi connectivity index (χ2n) is 7.54. The molecule has 0 spiro atoms. The molecule has 0 aliphatic carbocycles. The van der Waals surface area contributed by atoms with Crippen molar-refractivity contribution in [3.8, 4) is 17.0 Å². The summed E-state index contributed by atoms with van der Waals surface area (Å²) in [6, 6.07) is 15.6. The Bertz CT molecular complexity index is 1360. The molecule has 1 atom stereocenters. The number of para-hydroxylation sites is 1. The predicted octanol–water partition coefficient (Wildman–Crippen LogP) is 4.15. The molecule has 0 fully saturated rings. The minimum atomic E-state index is -0.893. The molecular weight excluding hydrogens is 420 g/mol. The Morgan fingerprint density at radius 2 is 1.91 bits per heavy atom. The molecule has 168 valence electrons. The highest BCUT2D eigenvalue weighted by atomic mass is 16.5. The van der Waals surface area contributed by atoms with E-state index >= 15 is 0 Å². The standard InChI is InChI=1S/C25H24N4O4/c1-5-15-28(19-9-7-6-8-10-19)24(30)16(2)29-25(31)23-21(17(3)33-27-23)22(26-29)18-11-13-20(32-4)14-12-18/h5-14,16H,1,15H2,2-4H3. The van der Waals surface area contributed by atoms with Crippen molar-refractivity contribution in [1.29, 1.82) is 0 Å². The van der Waals surface area contributed by atoms with Crippen molar-refractivity contribution in [1.82, 2.24) is 14.9 Å². The van der Waals surface area contributed by atoms with E-state index in [4.69, 9.17) is 9.26 Å². The molecule has 0 saturated carbocycles. The van der Waals surface area contributed by atoms with Crippen LogP contribution in [0.1, 0.15) is 18.7 Å². The summed E-state index contributed by atoms with van der Waals surface area (Å²) in [6.07, 6.45) is 1.64. The zero-order valence-electron chi connectivity index (χ0n) is 18.7. The van der Waals surface area contributed by atoms with Crippen molar-refractivity contribution >= 4 is 22.5 Å². The summed E-state index contributed by atoms with van der Waals surface area (Å²) in [6.45, 7) is 7.42. The fourth-order valence-electron chi connectivity index (χ4n) is 3.71. The molecule has 8 heteroatoms. The van der Waals surface area contributed by atoms with Crippen LogP contribution in [-0.4, -0.2) is 34.5 Å². The van der Waals surface area contributed by atoms with Crippen LogP contribution in [0.2, 0.25) is 0 Å². The molecule has 8 nitrogen and oxygen atoms in total. The van der Waals surface area contributed by atoms with Gasteiger partial charge in [0.2, 0.25) is 0 Å². The Labute approximate surface area is 190 Å². The van der Waals surface area contributed by atoms with E-state index in [0.29, 0.717) is 34.8 Å². The fraction of sp³-hybridized carbons (Fsp3) is 0.200. The summed E-state index contributed by atoms with van der Waals surface area (Å²) in [4.78, 5) is 28.3. The van der Waals surface area contributed by atoms with Crippen LogP contribution in [0.3, 0.4) is 0 Å². The Morgan fingerprint density at radius 1 is 1.21 bits per heavy atom. The van der Waals surface area contributed by atoms with Gasteiger partial charge in [0.25, 0.3) is 11.5 Å². The van der Waals surface area contributed by atoms with Gasteiger partial charge in [-0.2, -0.15) is 5.10 Å². The third kappa shape index (κ3) is 4.03. The maximum Gasteiger partial charge on any atom is 0.297 e. The molecule has 0 aliphatic rings. The van der Waals surface area contributed by atoms with Crippen molar-refractivity contribution in [3.05, 3.63) is 83.4 Å². The fourth-order valence-corrected chi connectivity index (χ4v) is 3.71. The molecule has 0 saturated heterocycles. The van der Waals surface area contributed by atoms with Crippen LogP contribution in [0.4, 0.5) is 5.69 Å². The lowest BCUT2D eigenvalue weighted by molar-refractivity contribution is -0.121. The minimum Gasteiger partial charge on any atom is -0.497 e. The summed E-state index contributed by atoms with van der Waals surface area (Å²) < 4.78 is 11.7. The molecular formula is C25H24N4O4. The number of aryl methyl sites for hydroxylation is 1. The first-order valence-electron chi connectivity index (χ1n) is 10.5. The number of anilines is 1. The number of nitrogens with zero attached hydrogens (tertiary/aromatic N) is 4. The molecule has 2 aromatic carbocycles. The summed E-state index contributed by atoms with van der Waals surface area (Å²) in [5.41, 5.74) is 1.58. The largest absolute Gasteiger partial charge is 0.497 e. The number of hydrogen-bond acceptors (Lipinski definition) is 6. The number of hydrogen-bond donors (Lipinski definition) is 0. The van der Waals surface area contributed by atoms with E-state index in [0.717, 1.165) is 5.56 Å². The van der Waals surface area contributed by atoms with E-state index in [1.807, 2.05) is 42.5 Å². The molecule has 0 aliphatic heterocycles. The van der Waals surface area contributed by atoms with Gasteiger partial charge in [-0.1, -0.05) is 29.4 Å². The quantitative estimate of drug-likeness (QED) is 0.398. The number of benzene rings is 2. The van der Waals surface area contributed by atoms with Gasteiger partial charge >= 0.3 is 0 Å². The first-order chi connectivity index (χ1) is 16.0. The molecule has 4 rings (SSSR count). The topological polar surface area (TPSA) is 90.5 Å². The van der Waals surface area contributed by atoms with E-state index < -0.39 is 11.6 Å². The van der Waals surface area contributed by atoms with E-state index in [-0.39, 0.29) is 11.4 Å². The van der Waals surface area contributed by atoms with Gasteiger partial charge in [-0.05, 0) is 50.2 Å². The summed E-state index contributed by atoms with van der Waals surface area (Å²) >= 11 is 0. The summed E-state index contributed by atoms with van der Waals surface area (Å²) in [7, 11) is 1.59. The lowest BCUT2D eigenvalue weighted by Gasteiger charge is -2.25. The number of methoxy groups -OCH3 is 1. The van der Waals surface area contributed by atoms with E-state index in [1.54, 1.807) is 44.1 Å². The van der Waals surface area contributed by atoms with E-state index in [9.17, 15) is 9.59 Å². The Kier molecular flexibility index (Phi) is 6.08. The highest BCUT2D eigenvalue weighted by molar-refractivity contribution is 5.97. The van der Waals surface area contributed by atoms with Gasteiger partial charge in [0.05, 0.1) is 12.5 Å². The Hall–Kier alpha value is -4.20. The van der Waals surface area contributed by atoms with Crippen molar-refractivity contribution in [2.24, 2.45) is 0 Å². The van der Waals surface area contributed by atoms with Gasteiger partial charge in [-0.15, -0.1) is 6.58 Å². The first-order valence-corrected chi connectivity index (χ1v) is 10.5. The average Bonchev–Trinajstić information content (AvgIpc) is 3.25. The van der Waals surface area contributed by atoms with Crippen LogP contribution in [0.5, 0.6) is 5.75 Å². The highest BCUT2D eigenvalue weighted by Crippen LogP contribution is 2.29. The number of carbonyl (C=O) groups excluding carboxylic acids is 1. The van der Waals surface area contributed by atoms with Crippen LogP contribution in [-0.2, 0) is 4.79 Å². The van der Waals surface area contributed by atoms with Gasteiger partial charge < -0.3 is 14.2 Å². The Morgan fingerprint density at radius 3 is 2.55 bits per heavy atom. The molecule has 33 heavy (non-hydrogen) atoms. The zero-order chi connectivity index (χ0) is 23.5. The number of fused-ring (bicyclic) bond motifs is 1. The van der Waals surface area contributed by atoms with Crippen LogP contribution < -0.4 is 15.2 Å². The molecule has 4 aromatic rings. The van der Waals surface area contributed by atoms with Gasteiger partial charge in [-0.25, -0.2) is 4.68 Å². The number of rotatable bonds is 7. The van der Waals surface area contributed by atoms with Gasteiger partial charge in [-0.3, -0.25) is 9.59 Å². The SMILES string of the molecule is C=CCN(C(=O)C(C)n1nc(-c2ccc(OC)cc2)c2c(C)onc2c1=O)c1ccccc1. The van der Waals surface area contributed by atoms with Crippen LogP contribution in [0, 0.1) is 6.92 Å². The highest BCUT2D eigenvalue weighted by Gasteiger charge is 2.27. The zero-order valence-corrected chi connectivity index (χ0v) is 18.7. The summed E-state index contributed by atoms with van der Waals surface area (Å²) in [5.74, 6) is 0.872. The average molecular weight is 444 g/mol. The van der Waals surface area contributed by atoms with E-state index in [1.165, 1.54) is 4.68 Å². The van der Waals surface area contributed by atoms with E-state index in [2.05, 4.69) is 16.8 Å². The number of carbonyl (C=O) groups is 1. The Balaban J connectivity index is 1.84. The van der Waals surface area contributed by atoms with Crippen molar-refractivity contribution < 1.29 is 14.1 Å². The number of aromatic nitrogens is 3. The molecule has 2 heterocycles. The molecule has 2 aromatic heterocycles. The third-order valence-corrected chi connectivity index (χ3v) is 5.45. The summed E-state index contributed by atoms with van der Waals surface area (Å²) in [5, 5.41) is 9.09. The van der Waals surface area contributed by atoms with Crippen LogP contribution in [0.15, 0.2) is 76.6 Å². The molecule has 0 radical (unpaired) electrons. The number of ether oxygens (including phenoxy) is 1. The van der Waals surface area contributed by atoms with Gasteiger partial charge in [0, 0.05) is 17.8 Å². The van der Waals surface area contributed by atoms with Crippen LogP contribution >= 0.6 is 0 Å².